The zero-order valence-electron chi connectivity index (χ0n) is 3.61. The first kappa shape index (κ1) is 7.08. The SMILES string of the molecule is C=C(F)C(=O)[O][Hg]. The molecule has 0 radical (unpaired) electrons. The summed E-state index contributed by atoms with van der Waals surface area (Å²) >= 11 is -0.128. The van der Waals surface area contributed by atoms with Crippen LogP contribution in [0.4, 0.5) is 4.39 Å². The van der Waals surface area contributed by atoms with Crippen LogP contribution in [0.25, 0.3) is 0 Å². The van der Waals surface area contributed by atoms with E-state index in [1.165, 1.54) is 0 Å². The summed E-state index contributed by atoms with van der Waals surface area (Å²) in [6.45, 7) is 2.72. The van der Waals surface area contributed by atoms with Gasteiger partial charge in [0.1, 0.15) is 0 Å². The van der Waals surface area contributed by atoms with E-state index >= 15 is 0 Å². The summed E-state index contributed by atoms with van der Waals surface area (Å²) < 4.78 is 15.6. The standard InChI is InChI=1S/C3H3FO2.Hg/c1-2(4)3(5)6;/h1H2,(H,5,6);/q;+1/p-1. The van der Waals surface area contributed by atoms with Crippen molar-refractivity contribution in [2.75, 3.05) is 0 Å². The molecule has 0 bridgehead atoms. The van der Waals surface area contributed by atoms with Gasteiger partial charge in [-0.2, -0.15) is 0 Å². The third kappa shape index (κ3) is 2.73. The molecule has 0 heterocycles. The molecule has 2 nitrogen and oxygen atoms in total. The van der Waals surface area contributed by atoms with Gasteiger partial charge in [-0.05, 0) is 0 Å². The van der Waals surface area contributed by atoms with Crippen LogP contribution in [-0.4, -0.2) is 5.97 Å². The number of halogens is 1. The number of hydrogen-bond acceptors (Lipinski definition) is 2. The Morgan fingerprint density at radius 2 is 2.29 bits per heavy atom. The molecule has 0 saturated carbocycles. The number of carbonyl (C=O) groups is 1. The molecular weight excluding hydrogens is 288 g/mol. The van der Waals surface area contributed by atoms with Crippen molar-refractivity contribution in [3.05, 3.63) is 12.4 Å². The Hall–Kier alpha value is 0.0751. The van der Waals surface area contributed by atoms with Gasteiger partial charge in [0.05, 0.1) is 0 Å². The topological polar surface area (TPSA) is 26.3 Å². The molecule has 0 N–H and O–H groups in total. The van der Waals surface area contributed by atoms with Crippen LogP contribution in [0.1, 0.15) is 0 Å². The van der Waals surface area contributed by atoms with Crippen LogP contribution in [0, 0.1) is 0 Å². The number of carbonyl (C=O) groups excluding carboxylic acids is 1. The van der Waals surface area contributed by atoms with Crippen molar-refractivity contribution in [2.24, 2.45) is 0 Å². The van der Waals surface area contributed by atoms with E-state index in [1.54, 1.807) is 0 Å². The summed E-state index contributed by atoms with van der Waals surface area (Å²) in [6.07, 6.45) is 0. The molecule has 0 aliphatic heterocycles. The molecule has 0 atom stereocenters. The van der Waals surface area contributed by atoms with E-state index in [-0.39, 0.29) is 26.6 Å². The van der Waals surface area contributed by atoms with Gasteiger partial charge < -0.3 is 0 Å². The maximum atomic E-state index is 11.5. The van der Waals surface area contributed by atoms with Crippen LogP contribution in [0.5, 0.6) is 0 Å². The molecule has 0 amide bonds. The molecule has 0 aromatic heterocycles. The summed E-state index contributed by atoms with van der Waals surface area (Å²) in [6, 6.07) is 0. The quantitative estimate of drug-likeness (QED) is 0.518. The van der Waals surface area contributed by atoms with Gasteiger partial charge in [0, 0.05) is 0 Å². The van der Waals surface area contributed by atoms with Crippen molar-refractivity contribution in [3.8, 4) is 0 Å². The second-order valence-electron chi connectivity index (χ2n) is 0.837. The first-order valence-electron chi connectivity index (χ1n) is 1.49. The minimum absolute atomic E-state index is 0.128. The average Bonchev–Trinajstić information content (AvgIpc) is 1.65. The van der Waals surface area contributed by atoms with Crippen LogP contribution in [0.3, 0.4) is 0 Å². The predicted octanol–water partition coefficient (Wildman–Crippen LogP) is 0.475. The van der Waals surface area contributed by atoms with Crippen LogP contribution in [0.2, 0.25) is 0 Å². The van der Waals surface area contributed by atoms with Crippen LogP contribution < -0.4 is 0 Å². The van der Waals surface area contributed by atoms with Gasteiger partial charge in [-0.1, -0.05) is 0 Å². The molecule has 0 saturated heterocycles. The molecule has 0 spiro atoms. The van der Waals surface area contributed by atoms with Gasteiger partial charge in [0.15, 0.2) is 0 Å². The second-order valence-corrected chi connectivity index (χ2v) is 1.96. The van der Waals surface area contributed by atoms with Crippen molar-refractivity contribution >= 4 is 5.97 Å². The summed E-state index contributed by atoms with van der Waals surface area (Å²) in [7, 11) is 0. The van der Waals surface area contributed by atoms with E-state index in [0.717, 1.165) is 0 Å². The van der Waals surface area contributed by atoms with Crippen LogP contribution in [0.15, 0.2) is 12.4 Å². The Labute approximate surface area is 57.0 Å². The van der Waals surface area contributed by atoms with Crippen molar-refractivity contribution in [3.63, 3.8) is 0 Å². The fourth-order valence-corrected chi connectivity index (χ4v) is 0.687. The van der Waals surface area contributed by atoms with Crippen LogP contribution >= 0.6 is 0 Å². The summed E-state index contributed by atoms with van der Waals surface area (Å²) in [4.78, 5) is 9.86. The fourth-order valence-electron chi connectivity index (χ4n) is 0.0783. The molecule has 4 heteroatoms. The Morgan fingerprint density at radius 3 is 2.29 bits per heavy atom. The zero-order chi connectivity index (χ0) is 5.86. The summed E-state index contributed by atoms with van der Waals surface area (Å²) in [5.41, 5.74) is 0. The van der Waals surface area contributed by atoms with Gasteiger partial charge in [-0.25, -0.2) is 0 Å². The van der Waals surface area contributed by atoms with E-state index in [4.69, 9.17) is 0 Å². The van der Waals surface area contributed by atoms with Gasteiger partial charge in [-0.3, -0.25) is 0 Å². The molecule has 0 unspecified atom stereocenters. The molecular formula is C3H2FHgO2. The first-order chi connectivity index (χ1) is 3.18. The summed E-state index contributed by atoms with van der Waals surface area (Å²) in [5.74, 6) is -1.95. The van der Waals surface area contributed by atoms with Gasteiger partial charge in [0.2, 0.25) is 0 Å². The van der Waals surface area contributed by atoms with Gasteiger partial charge in [0.25, 0.3) is 0 Å². The molecule has 0 aromatic carbocycles. The van der Waals surface area contributed by atoms with E-state index in [0.29, 0.717) is 0 Å². The van der Waals surface area contributed by atoms with E-state index in [9.17, 15) is 9.18 Å². The molecule has 0 aliphatic carbocycles. The second kappa shape index (κ2) is 3.13. The third-order valence-corrected chi connectivity index (χ3v) is 1.37. The van der Waals surface area contributed by atoms with E-state index in [2.05, 4.69) is 9.22 Å². The Morgan fingerprint density at radius 1 is 1.86 bits per heavy atom. The van der Waals surface area contributed by atoms with Crippen molar-refractivity contribution in [2.45, 2.75) is 0 Å². The third-order valence-electron chi connectivity index (χ3n) is 0.353. The molecule has 0 rings (SSSR count). The molecule has 35 valence electrons. The fraction of sp³-hybridized carbons (Fsp3) is 0. The monoisotopic (exact) mass is 291 g/mol. The minimum atomic E-state index is -1.02. The van der Waals surface area contributed by atoms with Gasteiger partial charge in [-0.15, -0.1) is 0 Å². The van der Waals surface area contributed by atoms with Crippen molar-refractivity contribution in [1.82, 2.24) is 0 Å². The van der Waals surface area contributed by atoms with E-state index < -0.39 is 11.8 Å². The molecule has 0 aliphatic rings. The Bertz CT molecular complexity index is 101. The van der Waals surface area contributed by atoms with Crippen molar-refractivity contribution < 1.29 is 38.4 Å². The van der Waals surface area contributed by atoms with Crippen molar-refractivity contribution in [1.29, 1.82) is 0 Å². The zero-order valence-corrected chi connectivity index (χ0v) is 9.11. The Kier molecular flexibility index (Phi) is 3.16. The normalized spacial score (nSPS) is 7.86. The maximum absolute atomic E-state index is 11.5. The van der Waals surface area contributed by atoms with E-state index in [1.807, 2.05) is 0 Å². The average molecular weight is 290 g/mol. The predicted molar refractivity (Wildman–Crippen MR) is 16.3 cm³/mol. The van der Waals surface area contributed by atoms with Crippen LogP contribution in [-0.2, 0) is 34.0 Å². The first-order valence-corrected chi connectivity index (χ1v) is 3.73. The Balaban J connectivity index is 3.58. The molecule has 0 fully saturated rings. The van der Waals surface area contributed by atoms with Gasteiger partial charge >= 0.3 is 56.8 Å². The number of rotatable bonds is 1. The molecule has 0 aromatic rings. The molecule has 7 heavy (non-hydrogen) atoms. The summed E-state index contributed by atoms with van der Waals surface area (Å²) in [5, 5.41) is 0. The number of hydrogen-bond donors (Lipinski definition) is 0.